The molecule has 1 heterocycles. The summed E-state index contributed by atoms with van der Waals surface area (Å²) in [7, 11) is 1.54. The summed E-state index contributed by atoms with van der Waals surface area (Å²) >= 11 is 0. The Bertz CT molecular complexity index is 562. The Balaban J connectivity index is 1.66. The number of hydrogen-bond acceptors (Lipinski definition) is 5. The summed E-state index contributed by atoms with van der Waals surface area (Å²) in [5.74, 6) is 1.78. The van der Waals surface area contributed by atoms with Crippen LogP contribution in [-0.2, 0) is 4.74 Å². The van der Waals surface area contributed by atoms with Gasteiger partial charge in [0.25, 0.3) is 0 Å². The zero-order valence-corrected chi connectivity index (χ0v) is 12.1. The fourth-order valence-corrected chi connectivity index (χ4v) is 2.94. The standard InChI is InChI=1S/C16H20N2O3/c1-20-16(19)13-9-7-12(8-10-13)15-18-17-14(21-15)11-5-3-2-4-6-11/h2-6,12-13,16,19H,7-10H2,1H3. The molecule has 3 rings (SSSR count). The van der Waals surface area contributed by atoms with Gasteiger partial charge in [-0.2, -0.15) is 0 Å². The predicted molar refractivity (Wildman–Crippen MR) is 77.4 cm³/mol. The van der Waals surface area contributed by atoms with Crippen LogP contribution >= 0.6 is 0 Å². The number of rotatable bonds is 4. The number of aliphatic hydroxyl groups excluding tert-OH is 1. The smallest absolute Gasteiger partial charge is 0.247 e. The Kier molecular flexibility index (Phi) is 4.31. The molecule has 21 heavy (non-hydrogen) atoms. The molecule has 1 aromatic carbocycles. The quantitative estimate of drug-likeness (QED) is 0.876. The largest absolute Gasteiger partial charge is 0.420 e. The van der Waals surface area contributed by atoms with Gasteiger partial charge in [0.15, 0.2) is 6.29 Å². The number of methoxy groups -OCH3 is 1. The minimum atomic E-state index is -0.659. The first-order valence-electron chi connectivity index (χ1n) is 7.37. The molecule has 1 atom stereocenters. The van der Waals surface area contributed by atoms with E-state index in [1.54, 1.807) is 7.11 Å². The van der Waals surface area contributed by atoms with E-state index in [0.717, 1.165) is 31.2 Å². The molecule has 2 aromatic rings. The zero-order valence-electron chi connectivity index (χ0n) is 12.1. The number of hydrogen-bond donors (Lipinski definition) is 1. The van der Waals surface area contributed by atoms with Crippen LogP contribution in [0.15, 0.2) is 34.7 Å². The number of aliphatic hydroxyl groups is 1. The monoisotopic (exact) mass is 288 g/mol. The summed E-state index contributed by atoms with van der Waals surface area (Å²) in [4.78, 5) is 0. The van der Waals surface area contributed by atoms with Gasteiger partial charge < -0.3 is 14.3 Å². The second-order valence-electron chi connectivity index (χ2n) is 5.55. The summed E-state index contributed by atoms with van der Waals surface area (Å²) in [5, 5.41) is 18.1. The lowest BCUT2D eigenvalue weighted by atomic mass is 9.81. The van der Waals surface area contributed by atoms with Crippen molar-refractivity contribution in [3.8, 4) is 11.5 Å². The molecular formula is C16H20N2O3. The third-order valence-corrected chi connectivity index (χ3v) is 4.23. The van der Waals surface area contributed by atoms with E-state index in [-0.39, 0.29) is 11.8 Å². The van der Waals surface area contributed by atoms with Gasteiger partial charge in [-0.05, 0) is 37.8 Å². The number of nitrogens with zero attached hydrogens (tertiary/aromatic N) is 2. The molecule has 1 aliphatic rings. The van der Waals surface area contributed by atoms with Gasteiger partial charge >= 0.3 is 0 Å². The Morgan fingerprint density at radius 2 is 1.86 bits per heavy atom. The fraction of sp³-hybridized carbons (Fsp3) is 0.500. The summed E-state index contributed by atoms with van der Waals surface area (Å²) in [5.41, 5.74) is 0.944. The second-order valence-corrected chi connectivity index (χ2v) is 5.55. The van der Waals surface area contributed by atoms with Crippen molar-refractivity contribution in [1.82, 2.24) is 10.2 Å². The van der Waals surface area contributed by atoms with E-state index in [1.807, 2.05) is 30.3 Å². The molecule has 0 radical (unpaired) electrons. The van der Waals surface area contributed by atoms with Gasteiger partial charge in [0.2, 0.25) is 11.8 Å². The molecule has 0 amide bonds. The molecule has 112 valence electrons. The van der Waals surface area contributed by atoms with Gasteiger partial charge in [0, 0.05) is 24.5 Å². The van der Waals surface area contributed by atoms with Crippen molar-refractivity contribution in [2.24, 2.45) is 5.92 Å². The number of benzene rings is 1. The van der Waals surface area contributed by atoms with Crippen LogP contribution in [-0.4, -0.2) is 28.7 Å². The molecule has 0 spiro atoms. The van der Waals surface area contributed by atoms with E-state index < -0.39 is 6.29 Å². The summed E-state index contributed by atoms with van der Waals surface area (Å²) in [6.45, 7) is 0. The van der Waals surface area contributed by atoms with Crippen molar-refractivity contribution < 1.29 is 14.3 Å². The summed E-state index contributed by atoms with van der Waals surface area (Å²) in [6, 6.07) is 9.79. The maximum absolute atomic E-state index is 9.72. The highest BCUT2D eigenvalue weighted by Crippen LogP contribution is 2.37. The van der Waals surface area contributed by atoms with Gasteiger partial charge in [-0.15, -0.1) is 10.2 Å². The van der Waals surface area contributed by atoms with Crippen molar-refractivity contribution in [3.63, 3.8) is 0 Å². The van der Waals surface area contributed by atoms with Gasteiger partial charge in [0.05, 0.1) is 0 Å². The normalized spacial score (nSPS) is 23.9. The first kappa shape index (κ1) is 14.2. The molecule has 1 saturated carbocycles. The lowest BCUT2D eigenvalue weighted by Crippen LogP contribution is -2.26. The maximum atomic E-state index is 9.72. The van der Waals surface area contributed by atoms with Crippen molar-refractivity contribution in [2.75, 3.05) is 7.11 Å². The molecule has 1 aromatic heterocycles. The van der Waals surface area contributed by atoms with Gasteiger partial charge in [0.1, 0.15) is 0 Å². The maximum Gasteiger partial charge on any atom is 0.247 e. The fourth-order valence-electron chi connectivity index (χ4n) is 2.94. The lowest BCUT2D eigenvalue weighted by Gasteiger charge is -2.28. The van der Waals surface area contributed by atoms with Crippen LogP contribution in [0.4, 0.5) is 0 Å². The van der Waals surface area contributed by atoms with Crippen LogP contribution in [0.1, 0.15) is 37.5 Å². The summed E-state index contributed by atoms with van der Waals surface area (Å²) in [6.07, 6.45) is 3.07. The molecule has 5 nitrogen and oxygen atoms in total. The van der Waals surface area contributed by atoms with E-state index in [0.29, 0.717) is 11.8 Å². The molecule has 1 fully saturated rings. The van der Waals surface area contributed by atoms with Gasteiger partial charge in [-0.1, -0.05) is 18.2 Å². The molecule has 1 N–H and O–H groups in total. The van der Waals surface area contributed by atoms with Crippen molar-refractivity contribution in [2.45, 2.75) is 37.9 Å². The van der Waals surface area contributed by atoms with Crippen molar-refractivity contribution >= 4 is 0 Å². The van der Waals surface area contributed by atoms with Gasteiger partial charge in [-0.3, -0.25) is 0 Å². The molecule has 1 aliphatic carbocycles. The van der Waals surface area contributed by atoms with E-state index in [9.17, 15) is 5.11 Å². The van der Waals surface area contributed by atoms with Gasteiger partial charge in [-0.25, -0.2) is 0 Å². The predicted octanol–water partition coefficient (Wildman–Crippen LogP) is 2.98. The van der Waals surface area contributed by atoms with Crippen LogP contribution in [0, 0.1) is 5.92 Å². The van der Waals surface area contributed by atoms with Crippen LogP contribution < -0.4 is 0 Å². The molecular weight excluding hydrogens is 268 g/mol. The Morgan fingerprint density at radius 3 is 2.52 bits per heavy atom. The minimum Gasteiger partial charge on any atom is -0.420 e. The number of ether oxygens (including phenoxy) is 1. The minimum absolute atomic E-state index is 0.211. The highest BCUT2D eigenvalue weighted by Gasteiger charge is 2.29. The van der Waals surface area contributed by atoms with Crippen LogP contribution in [0.3, 0.4) is 0 Å². The third kappa shape index (κ3) is 3.14. The Morgan fingerprint density at radius 1 is 1.14 bits per heavy atom. The van der Waals surface area contributed by atoms with E-state index in [1.165, 1.54) is 0 Å². The molecule has 0 saturated heterocycles. The average molecular weight is 288 g/mol. The lowest BCUT2D eigenvalue weighted by molar-refractivity contribution is -0.121. The Hall–Kier alpha value is -1.72. The highest BCUT2D eigenvalue weighted by atomic mass is 16.6. The topological polar surface area (TPSA) is 68.4 Å². The zero-order chi connectivity index (χ0) is 14.7. The number of aromatic nitrogens is 2. The van der Waals surface area contributed by atoms with E-state index in [2.05, 4.69) is 10.2 Å². The highest BCUT2D eigenvalue weighted by molar-refractivity contribution is 5.51. The van der Waals surface area contributed by atoms with Crippen LogP contribution in [0.5, 0.6) is 0 Å². The van der Waals surface area contributed by atoms with Crippen LogP contribution in [0.25, 0.3) is 11.5 Å². The van der Waals surface area contributed by atoms with E-state index in [4.69, 9.17) is 9.15 Å². The first-order valence-corrected chi connectivity index (χ1v) is 7.37. The van der Waals surface area contributed by atoms with E-state index >= 15 is 0 Å². The van der Waals surface area contributed by atoms with Crippen molar-refractivity contribution in [1.29, 1.82) is 0 Å². The van der Waals surface area contributed by atoms with Crippen LogP contribution in [0.2, 0.25) is 0 Å². The first-order chi connectivity index (χ1) is 10.3. The molecule has 0 aliphatic heterocycles. The van der Waals surface area contributed by atoms with Crippen molar-refractivity contribution in [3.05, 3.63) is 36.2 Å². The Labute approximate surface area is 124 Å². The second kappa shape index (κ2) is 6.37. The summed E-state index contributed by atoms with van der Waals surface area (Å²) < 4.78 is 10.8. The third-order valence-electron chi connectivity index (χ3n) is 4.23. The molecule has 5 heteroatoms. The average Bonchev–Trinajstić information content (AvgIpc) is 3.05. The molecule has 1 unspecified atom stereocenters. The SMILES string of the molecule is COC(O)C1CCC(c2nnc(-c3ccccc3)o2)CC1. The molecule has 0 bridgehead atoms.